The van der Waals surface area contributed by atoms with Crippen molar-refractivity contribution < 1.29 is 65.9 Å². The van der Waals surface area contributed by atoms with Crippen LogP contribution in [0, 0.1) is 0 Å². The second-order valence-electron chi connectivity index (χ2n) is 13.0. The molecule has 1 fully saturated rings. The number of aromatic nitrogens is 3. The van der Waals surface area contributed by atoms with E-state index in [2.05, 4.69) is 20.4 Å². The molecule has 2 amide bonds. The van der Waals surface area contributed by atoms with Crippen molar-refractivity contribution in [2.24, 2.45) is 5.16 Å². The van der Waals surface area contributed by atoms with Crippen LogP contribution in [0.1, 0.15) is 40.6 Å². The number of carbonyl (C=O) groups is 4. The highest BCUT2D eigenvalue weighted by atomic mass is 35.5. The van der Waals surface area contributed by atoms with E-state index in [1.165, 1.54) is 51.7 Å². The topological polar surface area (TPSA) is 292 Å². The number of amides is 2. The number of anilines is 2. The number of nitrogens with two attached hydrogens (primary N) is 3. The van der Waals surface area contributed by atoms with Gasteiger partial charge in [-0.15, -0.1) is 27.8 Å². The van der Waals surface area contributed by atoms with Gasteiger partial charge in [0.25, 0.3) is 11.8 Å². The van der Waals surface area contributed by atoms with Crippen LogP contribution in [0.4, 0.5) is 10.9 Å². The van der Waals surface area contributed by atoms with Gasteiger partial charge in [0.15, 0.2) is 22.3 Å². The van der Waals surface area contributed by atoms with E-state index in [-0.39, 0.29) is 52.6 Å². The Bertz CT molecular complexity index is 2380. The Hall–Kier alpha value is -5.97. The standard InChI is InChI=1S/C36H35N9O10S3.ClH/c1-53-19-8-5-16(6-9-19)12-54-34(52)27-18(14-58-36-42-29(37)20-3-2-4-22(20)45(36)39)13-56-32-26(31(49)44(27)32)41-30(48)25(21-15-57-35(38)40-21)43-55-28(33(50)51)17-7-10-23(46)24(47)11-17;/h5-11,15,26,28,32,37H,2-4,12-14,39H2,1H3,(H6,38,40,41,43,46,47,48,50,51);1H/t26-,28+,32-;/m1./s1. The maximum absolute atomic E-state index is 14.0. The number of hydrogen-bond acceptors (Lipinski definition) is 18. The van der Waals surface area contributed by atoms with E-state index < -0.39 is 58.5 Å². The Labute approximate surface area is 354 Å². The number of carboxylic acids is 1. The van der Waals surface area contributed by atoms with Crippen LogP contribution in [0.25, 0.3) is 0 Å². The number of rotatable bonds is 14. The molecule has 10 N–H and O–H groups in total. The number of nitrogens with zero attached hydrogens (tertiary/aromatic N) is 5. The van der Waals surface area contributed by atoms with E-state index in [0.717, 1.165) is 54.0 Å². The fourth-order valence-electron chi connectivity index (χ4n) is 6.45. The van der Waals surface area contributed by atoms with Crippen molar-refractivity contribution in [2.45, 2.75) is 48.5 Å². The van der Waals surface area contributed by atoms with Gasteiger partial charge in [0.05, 0.1) is 12.7 Å². The van der Waals surface area contributed by atoms with Crippen LogP contribution in [-0.2, 0) is 48.2 Å². The number of halogens is 1. The van der Waals surface area contributed by atoms with Crippen molar-refractivity contribution in [2.75, 3.05) is 35.9 Å². The summed E-state index contributed by atoms with van der Waals surface area (Å²) in [6, 6.07) is 9.00. The number of nitrogens with one attached hydrogen (secondary N) is 1. The number of β-lactam (4-membered cyclic amide) rings is 1. The van der Waals surface area contributed by atoms with Gasteiger partial charge < -0.3 is 58.8 Å². The summed E-state index contributed by atoms with van der Waals surface area (Å²) in [6.07, 6.45) is 0.610. The van der Waals surface area contributed by atoms with Gasteiger partial charge >= 0.3 is 17.1 Å². The van der Waals surface area contributed by atoms with Crippen molar-refractivity contribution >= 4 is 75.3 Å². The monoisotopic (exact) mass is 885 g/mol. The third-order valence-corrected chi connectivity index (χ3v) is 12.5. The number of thioether (sulfide) groups is 2. The number of phenolic OH excluding ortho intramolecular Hbond substituents is 2. The molecule has 4 aromatic rings. The molecule has 0 saturated carbocycles. The van der Waals surface area contributed by atoms with E-state index in [4.69, 9.17) is 31.6 Å². The zero-order chi connectivity index (χ0) is 41.2. The number of benzene rings is 2. The summed E-state index contributed by atoms with van der Waals surface area (Å²) in [6.45, 7) is -0.101. The molecule has 19 nitrogen and oxygen atoms in total. The minimum Gasteiger partial charge on any atom is -1.00 e. The molecule has 0 unspecified atom stereocenters. The summed E-state index contributed by atoms with van der Waals surface area (Å²) in [5, 5.41) is 37.0. The van der Waals surface area contributed by atoms with Crippen LogP contribution < -0.4 is 44.4 Å². The first-order valence-corrected chi connectivity index (χ1v) is 20.3. The summed E-state index contributed by atoms with van der Waals surface area (Å²) in [5.74, 6) is 2.95. The number of esters is 1. The Morgan fingerprint density at radius 2 is 1.88 bits per heavy atom. The van der Waals surface area contributed by atoms with Gasteiger partial charge in [-0.1, -0.05) is 23.4 Å². The van der Waals surface area contributed by atoms with Crippen LogP contribution in [0.5, 0.6) is 17.2 Å². The van der Waals surface area contributed by atoms with Crippen LogP contribution >= 0.6 is 34.9 Å². The van der Waals surface area contributed by atoms with E-state index in [0.29, 0.717) is 27.9 Å². The molecule has 2 aromatic heterocycles. The lowest BCUT2D eigenvalue weighted by atomic mass is 10.0. The normalized spacial score (nSPS) is 17.5. The number of ether oxygens (including phenoxy) is 2. The quantitative estimate of drug-likeness (QED) is 0.00860. The maximum Gasteiger partial charge on any atom is 0.385 e. The van der Waals surface area contributed by atoms with Crippen molar-refractivity contribution in [3.8, 4) is 17.2 Å². The smallest absolute Gasteiger partial charge is 0.385 e. The molecule has 7 rings (SSSR count). The number of phenols is 2. The van der Waals surface area contributed by atoms with Crippen molar-refractivity contribution in [1.29, 1.82) is 0 Å². The second kappa shape index (κ2) is 17.9. The Morgan fingerprint density at radius 1 is 1.12 bits per heavy atom. The van der Waals surface area contributed by atoms with E-state index in [1.54, 1.807) is 24.3 Å². The highest BCUT2D eigenvalue weighted by Gasteiger charge is 2.55. The van der Waals surface area contributed by atoms with Crippen LogP contribution in [0.2, 0.25) is 0 Å². The Kier molecular flexibility index (Phi) is 12.9. The molecule has 1 saturated heterocycles. The molecule has 59 heavy (non-hydrogen) atoms. The zero-order valence-electron chi connectivity index (χ0n) is 30.9. The molecule has 0 bridgehead atoms. The molecule has 1 aliphatic carbocycles. The molecule has 2 aromatic carbocycles. The highest BCUT2D eigenvalue weighted by molar-refractivity contribution is 8.01. The average molecular weight is 886 g/mol. The number of hydrogen-bond donors (Lipinski definition) is 7. The molecule has 2 aliphatic heterocycles. The number of nitrogen functional groups attached to an aromatic ring is 3. The van der Waals surface area contributed by atoms with Gasteiger partial charge in [-0.25, -0.2) is 14.6 Å². The third kappa shape index (κ3) is 8.75. The molecular formula is C36H36ClN9O10S3. The predicted octanol–water partition coefficient (Wildman–Crippen LogP) is -1.65. The number of carbonyl (C=O) groups excluding carboxylic acids is 3. The van der Waals surface area contributed by atoms with E-state index in [1.807, 2.05) is 0 Å². The van der Waals surface area contributed by atoms with Crippen LogP contribution in [-0.4, -0.2) is 89.7 Å². The first kappa shape index (κ1) is 42.6. The van der Waals surface area contributed by atoms with E-state index in [9.17, 15) is 34.5 Å². The summed E-state index contributed by atoms with van der Waals surface area (Å²) in [5.41, 5.74) is 14.5. The summed E-state index contributed by atoms with van der Waals surface area (Å²) in [7, 11) is 1.54. The van der Waals surface area contributed by atoms with Crippen molar-refractivity contribution in [3.05, 3.63) is 87.2 Å². The van der Waals surface area contributed by atoms with Gasteiger partial charge in [-0.2, -0.15) is 0 Å². The Morgan fingerprint density at radius 3 is 2.56 bits per heavy atom. The van der Waals surface area contributed by atoms with Gasteiger partial charge in [-0.3, -0.25) is 20.3 Å². The molecule has 0 spiro atoms. The summed E-state index contributed by atoms with van der Waals surface area (Å²) in [4.78, 5) is 69.0. The van der Waals surface area contributed by atoms with Gasteiger partial charge in [0, 0.05) is 28.9 Å². The molecular weight excluding hydrogens is 850 g/mol. The van der Waals surface area contributed by atoms with Crippen molar-refractivity contribution in [1.82, 2.24) is 20.2 Å². The fraction of sp³-hybridized carbons (Fsp3) is 0.278. The molecule has 3 aliphatic rings. The molecule has 4 heterocycles. The number of thiazole rings is 1. The predicted molar refractivity (Wildman–Crippen MR) is 211 cm³/mol. The van der Waals surface area contributed by atoms with Gasteiger partial charge in [0.2, 0.25) is 11.9 Å². The largest absolute Gasteiger partial charge is 1.00 e. The number of methoxy groups -OCH3 is 1. The van der Waals surface area contributed by atoms with Crippen LogP contribution in [0.3, 0.4) is 0 Å². The molecule has 3 atom stereocenters. The molecule has 23 heteroatoms. The number of aromatic hydroxyl groups is 2. The highest BCUT2D eigenvalue weighted by Crippen LogP contribution is 2.42. The number of carboxylic acid groups (broad SMARTS) is 1. The lowest BCUT2D eigenvalue weighted by Crippen LogP contribution is -3.00. The minimum atomic E-state index is -1.83. The lowest BCUT2D eigenvalue weighted by Gasteiger charge is -2.49. The minimum absolute atomic E-state index is 0. The first-order valence-electron chi connectivity index (χ1n) is 17.4. The first-order chi connectivity index (χ1) is 27.8. The van der Waals surface area contributed by atoms with Crippen molar-refractivity contribution in [3.63, 3.8) is 0 Å². The van der Waals surface area contributed by atoms with Gasteiger partial charge in [-0.05, 0) is 65.0 Å². The second-order valence-corrected chi connectivity index (χ2v) is 16.0. The number of oxime groups is 1. The van der Waals surface area contributed by atoms with E-state index >= 15 is 0 Å². The van der Waals surface area contributed by atoms with Gasteiger partial charge in [0.1, 0.15) is 40.9 Å². The Balaban J connectivity index is 0.00000585. The zero-order valence-corrected chi connectivity index (χ0v) is 34.1. The maximum atomic E-state index is 14.0. The number of aliphatic carboxylic acids is 1. The molecule has 310 valence electrons. The van der Waals surface area contributed by atoms with Crippen LogP contribution in [0.15, 0.2) is 69.4 Å². The molecule has 0 radical (unpaired) electrons. The number of fused-ring (bicyclic) bond motifs is 2. The summed E-state index contributed by atoms with van der Waals surface area (Å²) >= 11 is 3.53. The third-order valence-electron chi connectivity index (χ3n) is 9.40. The summed E-state index contributed by atoms with van der Waals surface area (Å²) < 4.78 is 12.5. The fourth-order valence-corrected chi connectivity index (χ4v) is 9.43. The SMILES string of the molecule is COc1ccc(COC(=O)C2=C(CSc3nc(N)c4c([n+]3N)CCC4)CS[C@@H]3[C@H](NC(=O)/C(=N\O[C@H](C(=O)O)c4ccc(O)c(O)c4)c4csc(N)n4)C(=O)N23)cc1.[Cl-]. The average Bonchev–Trinajstić information content (AvgIpc) is 3.89. The lowest BCUT2D eigenvalue weighted by molar-refractivity contribution is -0.689.